The molecule has 1 aromatic carbocycles. The Kier molecular flexibility index (Phi) is 2.78. The number of amides is 1. The summed E-state index contributed by atoms with van der Waals surface area (Å²) in [5.41, 5.74) is 1.90. The van der Waals surface area contributed by atoms with Crippen molar-refractivity contribution in [3.05, 3.63) is 29.0 Å². The number of benzene rings is 1. The molecule has 0 aliphatic rings. The number of likely N-dealkylation sites (N-methyl/N-ethyl adjacent to an activating group) is 1. The van der Waals surface area contributed by atoms with Crippen LogP contribution in [0, 0.1) is 4.77 Å². The second-order valence-electron chi connectivity index (χ2n) is 3.61. The number of hydrogen-bond donors (Lipinski definition) is 2. The topological polar surface area (TPSA) is 49.8 Å². The maximum atomic E-state index is 11.6. The van der Waals surface area contributed by atoms with Crippen molar-refractivity contribution in [2.24, 2.45) is 0 Å². The number of H-pyrrole nitrogens is 1. The second-order valence-corrected chi connectivity index (χ2v) is 3.99. The first-order valence-corrected chi connectivity index (χ1v) is 5.47. The molecule has 0 spiro atoms. The SMILES string of the molecule is CNC(=O)C(C)n1c(=S)[nH]c2ccccc21. The number of rotatable bonds is 2. The van der Waals surface area contributed by atoms with Crippen LogP contribution in [0.2, 0.25) is 0 Å². The Labute approximate surface area is 98.3 Å². The van der Waals surface area contributed by atoms with E-state index >= 15 is 0 Å². The summed E-state index contributed by atoms with van der Waals surface area (Å²) >= 11 is 5.22. The number of carbonyl (C=O) groups is 1. The molecule has 5 heteroatoms. The number of para-hydroxylation sites is 2. The lowest BCUT2D eigenvalue weighted by Crippen LogP contribution is -2.27. The summed E-state index contributed by atoms with van der Waals surface area (Å²) in [6.07, 6.45) is 0. The molecular weight excluding hydrogens is 222 g/mol. The lowest BCUT2D eigenvalue weighted by Gasteiger charge is -2.12. The van der Waals surface area contributed by atoms with E-state index in [-0.39, 0.29) is 11.9 Å². The van der Waals surface area contributed by atoms with E-state index in [0.29, 0.717) is 4.77 Å². The number of fused-ring (bicyclic) bond motifs is 1. The quantitative estimate of drug-likeness (QED) is 0.782. The minimum Gasteiger partial charge on any atom is -0.357 e. The molecule has 16 heavy (non-hydrogen) atoms. The maximum Gasteiger partial charge on any atom is 0.242 e. The largest absolute Gasteiger partial charge is 0.357 e. The van der Waals surface area contributed by atoms with Crippen LogP contribution >= 0.6 is 12.2 Å². The molecule has 2 rings (SSSR count). The molecule has 1 unspecified atom stereocenters. The summed E-state index contributed by atoms with van der Waals surface area (Å²) in [4.78, 5) is 14.7. The van der Waals surface area contributed by atoms with Gasteiger partial charge < -0.3 is 14.9 Å². The molecule has 1 amide bonds. The first kappa shape index (κ1) is 10.9. The van der Waals surface area contributed by atoms with Crippen LogP contribution in [0.1, 0.15) is 13.0 Å². The normalized spacial score (nSPS) is 12.6. The molecule has 2 N–H and O–H groups in total. The Hall–Kier alpha value is -1.62. The number of nitrogens with zero attached hydrogens (tertiary/aromatic N) is 1. The van der Waals surface area contributed by atoms with E-state index in [9.17, 15) is 4.79 Å². The van der Waals surface area contributed by atoms with Gasteiger partial charge in [0.05, 0.1) is 11.0 Å². The predicted octanol–water partition coefficient (Wildman–Crippen LogP) is 2.01. The first-order chi connectivity index (χ1) is 7.65. The Morgan fingerprint density at radius 3 is 2.88 bits per heavy atom. The van der Waals surface area contributed by atoms with Gasteiger partial charge in [0.15, 0.2) is 4.77 Å². The molecule has 0 fully saturated rings. The van der Waals surface area contributed by atoms with E-state index in [0.717, 1.165) is 11.0 Å². The summed E-state index contributed by atoms with van der Waals surface area (Å²) in [5, 5.41) is 2.62. The summed E-state index contributed by atoms with van der Waals surface area (Å²) in [6, 6.07) is 7.44. The van der Waals surface area contributed by atoms with E-state index in [4.69, 9.17) is 12.2 Å². The fourth-order valence-corrected chi connectivity index (χ4v) is 2.15. The van der Waals surface area contributed by atoms with Crippen molar-refractivity contribution in [2.45, 2.75) is 13.0 Å². The van der Waals surface area contributed by atoms with E-state index in [1.54, 1.807) is 7.05 Å². The molecule has 0 bridgehead atoms. The molecule has 1 atom stereocenters. The Morgan fingerprint density at radius 2 is 2.19 bits per heavy atom. The van der Waals surface area contributed by atoms with Crippen molar-refractivity contribution in [3.8, 4) is 0 Å². The van der Waals surface area contributed by atoms with Crippen LogP contribution in [0.3, 0.4) is 0 Å². The van der Waals surface area contributed by atoms with Gasteiger partial charge in [-0.15, -0.1) is 0 Å². The van der Waals surface area contributed by atoms with Crippen molar-refractivity contribution in [2.75, 3.05) is 7.05 Å². The zero-order chi connectivity index (χ0) is 11.7. The number of aromatic amines is 1. The van der Waals surface area contributed by atoms with Crippen LogP contribution in [0.4, 0.5) is 0 Å². The van der Waals surface area contributed by atoms with Gasteiger partial charge in [-0.2, -0.15) is 0 Å². The van der Waals surface area contributed by atoms with Crippen molar-refractivity contribution in [1.29, 1.82) is 0 Å². The van der Waals surface area contributed by atoms with Crippen LogP contribution in [0.15, 0.2) is 24.3 Å². The van der Waals surface area contributed by atoms with Gasteiger partial charge in [0, 0.05) is 7.05 Å². The molecule has 0 radical (unpaired) electrons. The highest BCUT2D eigenvalue weighted by molar-refractivity contribution is 7.71. The highest BCUT2D eigenvalue weighted by Crippen LogP contribution is 2.18. The minimum absolute atomic E-state index is 0.0548. The molecule has 0 saturated heterocycles. The number of nitrogens with one attached hydrogen (secondary N) is 2. The summed E-state index contributed by atoms with van der Waals surface area (Å²) < 4.78 is 2.39. The van der Waals surface area contributed by atoms with Crippen LogP contribution in [0.25, 0.3) is 11.0 Å². The summed E-state index contributed by atoms with van der Waals surface area (Å²) in [7, 11) is 1.62. The monoisotopic (exact) mass is 235 g/mol. The van der Waals surface area contributed by atoms with E-state index in [2.05, 4.69) is 10.3 Å². The van der Waals surface area contributed by atoms with Gasteiger partial charge in [0.2, 0.25) is 5.91 Å². The van der Waals surface area contributed by atoms with Crippen molar-refractivity contribution >= 4 is 29.2 Å². The van der Waals surface area contributed by atoms with Crippen molar-refractivity contribution in [1.82, 2.24) is 14.9 Å². The molecular formula is C11H13N3OS. The van der Waals surface area contributed by atoms with E-state index < -0.39 is 0 Å². The fraction of sp³-hybridized carbons (Fsp3) is 0.273. The van der Waals surface area contributed by atoms with Gasteiger partial charge in [0.1, 0.15) is 6.04 Å². The van der Waals surface area contributed by atoms with Gasteiger partial charge in [-0.3, -0.25) is 4.79 Å². The minimum atomic E-state index is -0.311. The lowest BCUT2D eigenvalue weighted by molar-refractivity contribution is -0.123. The van der Waals surface area contributed by atoms with Gasteiger partial charge in [-0.25, -0.2) is 0 Å². The van der Waals surface area contributed by atoms with E-state index in [1.165, 1.54) is 0 Å². The highest BCUT2D eigenvalue weighted by atomic mass is 32.1. The zero-order valence-corrected chi connectivity index (χ0v) is 9.97. The fourth-order valence-electron chi connectivity index (χ4n) is 1.78. The van der Waals surface area contributed by atoms with Crippen LogP contribution in [-0.2, 0) is 4.79 Å². The van der Waals surface area contributed by atoms with Crippen molar-refractivity contribution < 1.29 is 4.79 Å². The second kappa shape index (κ2) is 4.09. The average Bonchev–Trinajstić information content (AvgIpc) is 2.63. The van der Waals surface area contributed by atoms with Gasteiger partial charge in [0.25, 0.3) is 0 Å². The third-order valence-corrected chi connectivity index (χ3v) is 2.94. The molecule has 1 aromatic heterocycles. The van der Waals surface area contributed by atoms with E-state index in [1.807, 2.05) is 35.8 Å². The Morgan fingerprint density at radius 1 is 1.50 bits per heavy atom. The number of aromatic nitrogens is 2. The third kappa shape index (κ3) is 1.63. The average molecular weight is 235 g/mol. The zero-order valence-electron chi connectivity index (χ0n) is 9.15. The molecule has 84 valence electrons. The number of hydrogen-bond acceptors (Lipinski definition) is 2. The lowest BCUT2D eigenvalue weighted by atomic mass is 10.2. The summed E-state index contributed by atoms with van der Waals surface area (Å²) in [6.45, 7) is 1.83. The predicted molar refractivity (Wildman–Crippen MR) is 65.9 cm³/mol. The maximum absolute atomic E-state index is 11.6. The molecule has 0 saturated carbocycles. The van der Waals surface area contributed by atoms with Crippen molar-refractivity contribution in [3.63, 3.8) is 0 Å². The molecule has 1 heterocycles. The first-order valence-electron chi connectivity index (χ1n) is 5.06. The van der Waals surface area contributed by atoms with Gasteiger partial charge in [-0.05, 0) is 31.3 Å². The number of carbonyl (C=O) groups excluding carboxylic acids is 1. The summed E-state index contributed by atoms with van der Waals surface area (Å²) in [5.74, 6) is -0.0548. The molecule has 4 nitrogen and oxygen atoms in total. The number of imidazole rings is 1. The Bertz CT molecular complexity index is 584. The van der Waals surface area contributed by atoms with Crippen LogP contribution in [-0.4, -0.2) is 22.5 Å². The smallest absolute Gasteiger partial charge is 0.242 e. The molecule has 2 aromatic rings. The molecule has 0 aliphatic heterocycles. The van der Waals surface area contributed by atoms with Crippen LogP contribution in [0.5, 0.6) is 0 Å². The molecule has 0 aliphatic carbocycles. The van der Waals surface area contributed by atoms with Gasteiger partial charge >= 0.3 is 0 Å². The third-order valence-electron chi connectivity index (χ3n) is 2.64. The Balaban J connectivity index is 2.64. The van der Waals surface area contributed by atoms with Crippen LogP contribution < -0.4 is 5.32 Å². The van der Waals surface area contributed by atoms with Gasteiger partial charge in [-0.1, -0.05) is 12.1 Å². The highest BCUT2D eigenvalue weighted by Gasteiger charge is 2.16. The standard InChI is InChI=1S/C11H13N3OS/c1-7(10(15)12-2)14-9-6-4-3-5-8(9)13-11(14)16/h3-7H,1-2H3,(H,12,15)(H,13,16).